The van der Waals surface area contributed by atoms with Gasteiger partial charge in [0.15, 0.2) is 0 Å². The smallest absolute Gasteiger partial charge is 0.255 e. The second-order valence-corrected chi connectivity index (χ2v) is 5.57. The number of nitrogens with one attached hydrogen (secondary N) is 1. The predicted octanol–water partition coefficient (Wildman–Crippen LogP) is 1.75. The molecule has 1 aliphatic rings. The molecule has 0 aliphatic heterocycles. The second-order valence-electron chi connectivity index (χ2n) is 5.57. The van der Waals surface area contributed by atoms with E-state index in [9.17, 15) is 4.79 Å². The van der Waals surface area contributed by atoms with Crippen LogP contribution in [0.4, 0.5) is 0 Å². The van der Waals surface area contributed by atoms with Crippen molar-refractivity contribution in [1.82, 2.24) is 15.1 Å². The van der Waals surface area contributed by atoms with Gasteiger partial charge in [-0.1, -0.05) is 42.5 Å². The van der Waals surface area contributed by atoms with Gasteiger partial charge in [0, 0.05) is 37.4 Å². The summed E-state index contributed by atoms with van der Waals surface area (Å²) in [7, 11) is 1.81. The number of rotatable bonds is 4. The molecule has 1 heterocycles. The lowest BCUT2D eigenvalue weighted by Crippen LogP contribution is -2.33. The van der Waals surface area contributed by atoms with E-state index in [1.807, 2.05) is 42.5 Å². The predicted molar refractivity (Wildman–Crippen MR) is 84.2 cm³/mol. The minimum Gasteiger partial charge on any atom is -0.396 e. The number of benzene rings is 1. The van der Waals surface area contributed by atoms with E-state index in [4.69, 9.17) is 5.11 Å². The summed E-state index contributed by atoms with van der Waals surface area (Å²) in [5.74, 6) is -0.00650. The molecule has 114 valence electrons. The lowest BCUT2D eigenvalue weighted by atomic mass is 10.1. The van der Waals surface area contributed by atoms with E-state index in [0.717, 1.165) is 12.0 Å². The van der Waals surface area contributed by atoms with Crippen LogP contribution < -0.4 is 5.32 Å². The molecular weight excluding hydrogens is 278 g/mol. The van der Waals surface area contributed by atoms with E-state index in [1.165, 1.54) is 0 Å². The van der Waals surface area contributed by atoms with Gasteiger partial charge in [-0.3, -0.25) is 9.48 Å². The van der Waals surface area contributed by atoms with Gasteiger partial charge in [0.05, 0.1) is 5.56 Å². The van der Waals surface area contributed by atoms with E-state index in [2.05, 4.69) is 10.4 Å². The van der Waals surface area contributed by atoms with Crippen molar-refractivity contribution >= 4 is 5.91 Å². The van der Waals surface area contributed by atoms with Gasteiger partial charge >= 0.3 is 0 Å². The average Bonchev–Trinajstić information content (AvgIpc) is 3.14. The van der Waals surface area contributed by atoms with Crippen LogP contribution in [0.5, 0.6) is 0 Å². The Morgan fingerprint density at radius 2 is 2.14 bits per heavy atom. The van der Waals surface area contributed by atoms with Crippen LogP contribution in [0, 0.1) is 5.92 Å². The third-order valence-corrected chi connectivity index (χ3v) is 3.84. The van der Waals surface area contributed by atoms with Crippen LogP contribution in [0.2, 0.25) is 0 Å². The highest BCUT2D eigenvalue weighted by Gasteiger charge is 2.23. The molecule has 0 unspecified atom stereocenters. The average molecular weight is 297 g/mol. The maximum absolute atomic E-state index is 12.5. The topological polar surface area (TPSA) is 67.2 Å². The molecule has 0 saturated heterocycles. The maximum Gasteiger partial charge on any atom is 0.255 e. The molecule has 5 heteroatoms. The van der Waals surface area contributed by atoms with Crippen LogP contribution >= 0.6 is 0 Å². The van der Waals surface area contributed by atoms with Gasteiger partial charge in [0.1, 0.15) is 5.69 Å². The molecule has 3 rings (SSSR count). The molecule has 22 heavy (non-hydrogen) atoms. The summed E-state index contributed by atoms with van der Waals surface area (Å²) in [4.78, 5) is 12.5. The summed E-state index contributed by atoms with van der Waals surface area (Å²) in [6.45, 7) is 0.116. The zero-order chi connectivity index (χ0) is 15.5. The number of aromatic nitrogens is 2. The van der Waals surface area contributed by atoms with Crippen molar-refractivity contribution in [3.8, 4) is 11.3 Å². The van der Waals surface area contributed by atoms with E-state index >= 15 is 0 Å². The molecule has 2 aromatic rings. The maximum atomic E-state index is 12.5. The molecule has 1 aromatic carbocycles. The lowest BCUT2D eigenvalue weighted by molar-refractivity contribution is 0.0941. The standard InChI is InChI=1S/C17H19N3O2/c1-20-10-15(16(19-20)13-5-3-2-4-6-13)17(22)18-14-8-7-12(9-14)11-21/h2-8,10,12,14,21H,9,11H2,1H3,(H,18,22)/t12-,14+/m0/s1. The van der Waals surface area contributed by atoms with Gasteiger partial charge in [0.2, 0.25) is 0 Å². The minimum atomic E-state index is -0.139. The molecule has 2 atom stereocenters. The molecule has 1 aromatic heterocycles. The van der Waals surface area contributed by atoms with Crippen LogP contribution in [0.1, 0.15) is 16.8 Å². The Morgan fingerprint density at radius 1 is 1.36 bits per heavy atom. The summed E-state index contributed by atoms with van der Waals surface area (Å²) >= 11 is 0. The van der Waals surface area contributed by atoms with Gasteiger partial charge in [0.25, 0.3) is 5.91 Å². The van der Waals surface area contributed by atoms with Crippen LogP contribution in [-0.2, 0) is 7.05 Å². The van der Waals surface area contributed by atoms with Crippen molar-refractivity contribution in [3.05, 3.63) is 54.2 Å². The first-order valence-electron chi connectivity index (χ1n) is 7.36. The zero-order valence-electron chi connectivity index (χ0n) is 12.4. The van der Waals surface area contributed by atoms with Gasteiger partial charge < -0.3 is 10.4 Å². The number of amides is 1. The summed E-state index contributed by atoms with van der Waals surface area (Å²) in [5.41, 5.74) is 2.17. The highest BCUT2D eigenvalue weighted by atomic mass is 16.3. The van der Waals surface area contributed by atoms with Crippen molar-refractivity contribution in [3.63, 3.8) is 0 Å². The van der Waals surface area contributed by atoms with E-state index in [0.29, 0.717) is 11.3 Å². The normalized spacial score (nSPS) is 20.3. The first kappa shape index (κ1) is 14.5. The number of aryl methyl sites for hydroxylation is 1. The van der Waals surface area contributed by atoms with Crippen LogP contribution in [0.25, 0.3) is 11.3 Å². The van der Waals surface area contributed by atoms with Gasteiger partial charge in [-0.2, -0.15) is 5.10 Å². The largest absolute Gasteiger partial charge is 0.396 e. The van der Waals surface area contributed by atoms with Crippen LogP contribution in [0.15, 0.2) is 48.7 Å². The highest BCUT2D eigenvalue weighted by Crippen LogP contribution is 2.23. The Labute approximate surface area is 129 Å². The van der Waals surface area contributed by atoms with Crippen molar-refractivity contribution < 1.29 is 9.90 Å². The number of aliphatic hydroxyl groups excluding tert-OH is 1. The first-order valence-corrected chi connectivity index (χ1v) is 7.36. The number of hydrogen-bond acceptors (Lipinski definition) is 3. The monoisotopic (exact) mass is 297 g/mol. The van der Waals surface area contributed by atoms with Crippen molar-refractivity contribution in [2.75, 3.05) is 6.61 Å². The van der Waals surface area contributed by atoms with Crippen molar-refractivity contribution in [2.24, 2.45) is 13.0 Å². The van der Waals surface area contributed by atoms with Gasteiger partial charge in [-0.15, -0.1) is 0 Å². The van der Waals surface area contributed by atoms with Crippen molar-refractivity contribution in [1.29, 1.82) is 0 Å². The number of carbonyl (C=O) groups is 1. The molecule has 0 saturated carbocycles. The quantitative estimate of drug-likeness (QED) is 0.845. The third kappa shape index (κ3) is 2.94. The highest BCUT2D eigenvalue weighted by molar-refractivity contribution is 6.00. The molecular formula is C17H19N3O2. The number of hydrogen-bond donors (Lipinski definition) is 2. The molecule has 5 nitrogen and oxygen atoms in total. The lowest BCUT2D eigenvalue weighted by Gasteiger charge is -2.12. The summed E-state index contributed by atoms with van der Waals surface area (Å²) in [6, 6.07) is 9.64. The fourth-order valence-electron chi connectivity index (χ4n) is 2.73. The number of carbonyl (C=O) groups excluding carboxylic acids is 1. The van der Waals surface area contributed by atoms with Crippen LogP contribution in [-0.4, -0.2) is 33.4 Å². The fourth-order valence-corrected chi connectivity index (χ4v) is 2.73. The molecule has 0 spiro atoms. The first-order chi connectivity index (χ1) is 10.7. The zero-order valence-corrected chi connectivity index (χ0v) is 12.4. The molecule has 0 radical (unpaired) electrons. The van der Waals surface area contributed by atoms with E-state index < -0.39 is 0 Å². The Morgan fingerprint density at radius 3 is 2.82 bits per heavy atom. The number of nitrogens with zero attached hydrogens (tertiary/aromatic N) is 2. The third-order valence-electron chi connectivity index (χ3n) is 3.84. The summed E-state index contributed by atoms with van der Waals surface area (Å²) in [5, 5.41) is 16.6. The van der Waals surface area contributed by atoms with E-state index in [1.54, 1.807) is 17.9 Å². The Balaban J connectivity index is 1.80. The van der Waals surface area contributed by atoms with Crippen LogP contribution in [0.3, 0.4) is 0 Å². The molecule has 1 amide bonds. The number of aliphatic hydroxyl groups is 1. The van der Waals surface area contributed by atoms with Gasteiger partial charge in [-0.25, -0.2) is 0 Å². The van der Waals surface area contributed by atoms with Gasteiger partial charge in [-0.05, 0) is 6.42 Å². The Hall–Kier alpha value is -2.40. The molecule has 2 N–H and O–H groups in total. The Kier molecular flexibility index (Phi) is 4.06. The summed E-state index contributed by atoms with van der Waals surface area (Å²) in [6.07, 6.45) is 6.37. The fraction of sp³-hybridized carbons (Fsp3) is 0.294. The summed E-state index contributed by atoms with van der Waals surface area (Å²) < 4.78 is 1.65. The molecule has 0 fully saturated rings. The molecule has 1 aliphatic carbocycles. The minimum absolute atomic E-state index is 0.0338. The van der Waals surface area contributed by atoms with Crippen molar-refractivity contribution in [2.45, 2.75) is 12.5 Å². The van der Waals surface area contributed by atoms with E-state index in [-0.39, 0.29) is 24.5 Å². The second kappa shape index (κ2) is 6.15. The SMILES string of the molecule is Cn1cc(C(=O)N[C@@H]2C=C[C@H](CO)C2)c(-c2ccccc2)n1. The molecule has 0 bridgehead atoms. The Bertz CT molecular complexity index is 691.